The number of ether oxygens (including phenoxy) is 2. The second-order valence-electron chi connectivity index (χ2n) is 4.17. The zero-order valence-electron chi connectivity index (χ0n) is 11.6. The summed E-state index contributed by atoms with van der Waals surface area (Å²) in [5, 5.41) is 0.0651. The van der Waals surface area contributed by atoms with Gasteiger partial charge >= 0.3 is 5.97 Å². The summed E-state index contributed by atoms with van der Waals surface area (Å²) in [7, 11) is 1.63. The van der Waals surface area contributed by atoms with Crippen LogP contribution in [-0.4, -0.2) is 31.5 Å². The van der Waals surface area contributed by atoms with Crippen LogP contribution in [0, 0.1) is 0 Å². The van der Waals surface area contributed by atoms with Crippen LogP contribution in [0.2, 0.25) is 0 Å². The fourth-order valence-electron chi connectivity index (χ4n) is 1.71. The van der Waals surface area contributed by atoms with Gasteiger partial charge in [0.25, 0.3) is 0 Å². The molecule has 0 aliphatic rings. The van der Waals surface area contributed by atoms with Crippen LogP contribution in [0.5, 0.6) is 5.75 Å². The predicted octanol–water partition coefficient (Wildman–Crippen LogP) is 2.38. The lowest BCUT2D eigenvalue weighted by Gasteiger charge is -2.20. The smallest absolute Gasteiger partial charge is 0.315 e. The van der Waals surface area contributed by atoms with Crippen LogP contribution >= 0.6 is 11.8 Å². The monoisotopic (exact) mass is 283 g/mol. The molecule has 1 aromatic carbocycles. The Labute approximate surface area is 118 Å². The average molecular weight is 283 g/mol. The fraction of sp³-hybridized carbons (Fsp3) is 0.500. The lowest BCUT2D eigenvalue weighted by Crippen LogP contribution is -2.24. The molecule has 0 aliphatic heterocycles. The molecular weight excluding hydrogens is 262 g/mol. The molecule has 2 N–H and O–H groups in total. The standard InChI is InChI=1S/C14H21NO3S/c1-4-18-13(16)9-19-14(10(2)15)11-5-7-12(17-3)8-6-11/h5-8,10,14H,4,9,15H2,1-3H3. The summed E-state index contributed by atoms with van der Waals surface area (Å²) < 4.78 is 10.1. The largest absolute Gasteiger partial charge is 0.497 e. The van der Waals surface area contributed by atoms with Crippen molar-refractivity contribution >= 4 is 17.7 Å². The highest BCUT2D eigenvalue weighted by Crippen LogP contribution is 2.32. The first-order chi connectivity index (χ1) is 9.08. The van der Waals surface area contributed by atoms with Crippen LogP contribution < -0.4 is 10.5 Å². The summed E-state index contributed by atoms with van der Waals surface area (Å²) in [6.45, 7) is 4.15. The Bertz CT molecular complexity index is 392. The second kappa shape index (κ2) is 8.07. The molecular formula is C14H21NO3S. The van der Waals surface area contributed by atoms with Crippen molar-refractivity contribution in [2.75, 3.05) is 19.5 Å². The summed E-state index contributed by atoms with van der Waals surface area (Å²) in [5.74, 6) is 0.917. The minimum atomic E-state index is -0.202. The van der Waals surface area contributed by atoms with Crippen molar-refractivity contribution in [1.29, 1.82) is 0 Å². The molecule has 0 bridgehead atoms. The van der Waals surface area contributed by atoms with E-state index in [4.69, 9.17) is 15.2 Å². The van der Waals surface area contributed by atoms with Crippen LogP contribution in [-0.2, 0) is 9.53 Å². The lowest BCUT2D eigenvalue weighted by molar-refractivity contribution is -0.139. The molecule has 2 unspecified atom stereocenters. The van der Waals surface area contributed by atoms with Gasteiger partial charge in [-0.05, 0) is 31.5 Å². The van der Waals surface area contributed by atoms with Gasteiger partial charge < -0.3 is 15.2 Å². The molecule has 0 fully saturated rings. The molecule has 0 saturated carbocycles. The number of rotatable bonds is 7. The van der Waals surface area contributed by atoms with Crippen molar-refractivity contribution in [2.45, 2.75) is 25.1 Å². The average Bonchev–Trinajstić information content (AvgIpc) is 2.39. The Morgan fingerprint density at radius 3 is 2.47 bits per heavy atom. The summed E-state index contributed by atoms with van der Waals surface area (Å²) in [6, 6.07) is 7.70. The van der Waals surface area contributed by atoms with E-state index in [9.17, 15) is 4.79 Å². The Hall–Kier alpha value is -1.20. The first-order valence-corrected chi connectivity index (χ1v) is 7.30. The van der Waals surface area contributed by atoms with Crippen LogP contribution in [0.1, 0.15) is 24.7 Å². The zero-order valence-corrected chi connectivity index (χ0v) is 12.4. The highest BCUT2D eigenvalue weighted by atomic mass is 32.2. The highest BCUT2D eigenvalue weighted by Gasteiger charge is 2.18. The molecule has 0 heterocycles. The summed E-state index contributed by atoms with van der Waals surface area (Å²) in [5.41, 5.74) is 7.08. The van der Waals surface area contributed by atoms with Gasteiger partial charge in [-0.1, -0.05) is 12.1 Å². The number of hydrogen-bond acceptors (Lipinski definition) is 5. The van der Waals surface area contributed by atoms with Gasteiger partial charge in [-0.25, -0.2) is 0 Å². The van der Waals surface area contributed by atoms with Gasteiger partial charge in [0.2, 0.25) is 0 Å². The topological polar surface area (TPSA) is 61.5 Å². The molecule has 0 saturated heterocycles. The molecule has 19 heavy (non-hydrogen) atoms. The summed E-state index contributed by atoms with van der Waals surface area (Å²) >= 11 is 1.50. The van der Waals surface area contributed by atoms with E-state index in [1.807, 2.05) is 31.2 Å². The molecule has 1 aromatic rings. The van der Waals surface area contributed by atoms with Gasteiger partial charge in [0.1, 0.15) is 5.75 Å². The maximum atomic E-state index is 11.4. The van der Waals surface area contributed by atoms with Gasteiger partial charge in [-0.15, -0.1) is 11.8 Å². The van der Waals surface area contributed by atoms with Crippen molar-refractivity contribution in [3.05, 3.63) is 29.8 Å². The molecule has 2 atom stereocenters. The van der Waals surface area contributed by atoms with Gasteiger partial charge in [-0.2, -0.15) is 0 Å². The van der Waals surface area contributed by atoms with Crippen LogP contribution in [0.15, 0.2) is 24.3 Å². The highest BCUT2D eigenvalue weighted by molar-refractivity contribution is 8.00. The fourth-order valence-corrected chi connectivity index (χ4v) is 2.76. The molecule has 0 amide bonds. The lowest BCUT2D eigenvalue weighted by atomic mass is 10.1. The Kier molecular flexibility index (Phi) is 6.73. The van der Waals surface area contributed by atoms with Crippen LogP contribution in [0.4, 0.5) is 0 Å². The number of benzene rings is 1. The maximum Gasteiger partial charge on any atom is 0.315 e. The summed E-state index contributed by atoms with van der Waals surface area (Å²) in [6.07, 6.45) is 0. The first-order valence-electron chi connectivity index (χ1n) is 6.25. The maximum absolute atomic E-state index is 11.4. The number of carbonyl (C=O) groups excluding carboxylic acids is 1. The summed E-state index contributed by atoms with van der Waals surface area (Å²) in [4.78, 5) is 11.4. The first kappa shape index (κ1) is 15.9. The Morgan fingerprint density at radius 1 is 1.37 bits per heavy atom. The van der Waals surface area contributed by atoms with Crippen LogP contribution in [0.3, 0.4) is 0 Å². The Balaban J connectivity index is 2.68. The van der Waals surface area contributed by atoms with E-state index in [1.165, 1.54) is 11.8 Å². The van der Waals surface area contributed by atoms with E-state index in [-0.39, 0.29) is 17.3 Å². The zero-order chi connectivity index (χ0) is 14.3. The van der Waals surface area contributed by atoms with Crippen molar-refractivity contribution in [1.82, 2.24) is 0 Å². The third kappa shape index (κ3) is 5.12. The minimum absolute atomic E-state index is 0.0483. The van der Waals surface area contributed by atoms with Gasteiger partial charge in [0.05, 0.1) is 19.5 Å². The quantitative estimate of drug-likeness (QED) is 0.778. The van der Waals surface area contributed by atoms with E-state index in [1.54, 1.807) is 14.0 Å². The second-order valence-corrected chi connectivity index (χ2v) is 5.30. The number of thioether (sulfide) groups is 1. The van der Waals surface area contributed by atoms with Crippen molar-refractivity contribution in [3.8, 4) is 5.75 Å². The SMILES string of the molecule is CCOC(=O)CSC(c1ccc(OC)cc1)C(C)N. The van der Waals surface area contributed by atoms with E-state index in [0.29, 0.717) is 12.4 Å². The minimum Gasteiger partial charge on any atom is -0.497 e. The van der Waals surface area contributed by atoms with Crippen molar-refractivity contribution < 1.29 is 14.3 Å². The van der Waals surface area contributed by atoms with E-state index >= 15 is 0 Å². The van der Waals surface area contributed by atoms with E-state index in [0.717, 1.165) is 11.3 Å². The number of methoxy groups -OCH3 is 1. The predicted molar refractivity (Wildman–Crippen MR) is 78.5 cm³/mol. The number of esters is 1. The van der Waals surface area contributed by atoms with Crippen LogP contribution in [0.25, 0.3) is 0 Å². The normalized spacial score (nSPS) is 13.7. The van der Waals surface area contributed by atoms with Gasteiger partial charge in [0.15, 0.2) is 0 Å². The van der Waals surface area contributed by atoms with Gasteiger partial charge in [0, 0.05) is 11.3 Å². The molecule has 0 aromatic heterocycles. The number of hydrogen-bond donors (Lipinski definition) is 1. The number of carbonyl (C=O) groups is 1. The molecule has 0 radical (unpaired) electrons. The van der Waals surface area contributed by atoms with Gasteiger partial charge in [-0.3, -0.25) is 4.79 Å². The molecule has 5 heteroatoms. The Morgan fingerprint density at radius 2 is 2.00 bits per heavy atom. The molecule has 106 valence electrons. The molecule has 4 nitrogen and oxygen atoms in total. The van der Waals surface area contributed by atoms with Crippen molar-refractivity contribution in [3.63, 3.8) is 0 Å². The van der Waals surface area contributed by atoms with E-state index in [2.05, 4.69) is 0 Å². The molecule has 1 rings (SSSR count). The van der Waals surface area contributed by atoms with E-state index < -0.39 is 0 Å². The third-order valence-corrected chi connectivity index (χ3v) is 4.07. The molecule has 0 spiro atoms. The number of nitrogens with two attached hydrogens (primary N) is 1. The van der Waals surface area contributed by atoms with Crippen molar-refractivity contribution in [2.24, 2.45) is 5.73 Å². The third-order valence-electron chi connectivity index (χ3n) is 2.61. The molecule has 0 aliphatic carbocycles.